The summed E-state index contributed by atoms with van der Waals surface area (Å²) < 4.78 is 43.6. The molecular weight excluding hydrogens is 345 g/mol. The standard InChI is InChI=1S/C14H13F3N4O2S/c15-14(16,17)12-11(24-8-19-12)13(22)20-9-1-2-10(18-7-9)21-3-5-23-6-4-21/h1-2,7-8H,3-6H2,(H,20,22). The van der Waals surface area contributed by atoms with Gasteiger partial charge >= 0.3 is 6.18 Å². The molecule has 128 valence electrons. The van der Waals surface area contributed by atoms with Crippen LogP contribution in [0.25, 0.3) is 0 Å². The predicted octanol–water partition coefficient (Wildman–Crippen LogP) is 2.65. The maximum Gasteiger partial charge on any atom is 0.434 e. The summed E-state index contributed by atoms with van der Waals surface area (Å²) in [5, 5.41) is 2.41. The lowest BCUT2D eigenvalue weighted by Crippen LogP contribution is -2.36. The first-order valence-electron chi connectivity index (χ1n) is 7.06. The van der Waals surface area contributed by atoms with E-state index in [1.807, 2.05) is 4.90 Å². The molecule has 1 aliphatic heterocycles. The highest BCUT2D eigenvalue weighted by Crippen LogP contribution is 2.33. The molecule has 0 unspecified atom stereocenters. The van der Waals surface area contributed by atoms with Crippen LogP contribution in [-0.2, 0) is 10.9 Å². The lowest BCUT2D eigenvalue weighted by molar-refractivity contribution is -0.141. The summed E-state index contributed by atoms with van der Waals surface area (Å²) in [6.07, 6.45) is -3.25. The number of hydrogen-bond donors (Lipinski definition) is 1. The number of pyridine rings is 1. The van der Waals surface area contributed by atoms with Crippen molar-refractivity contribution in [3.8, 4) is 0 Å². The highest BCUT2D eigenvalue weighted by molar-refractivity contribution is 7.12. The predicted molar refractivity (Wildman–Crippen MR) is 82.3 cm³/mol. The van der Waals surface area contributed by atoms with E-state index in [9.17, 15) is 18.0 Å². The molecule has 2 aromatic rings. The number of thiazole rings is 1. The summed E-state index contributed by atoms with van der Waals surface area (Å²) in [7, 11) is 0. The van der Waals surface area contributed by atoms with E-state index in [0.29, 0.717) is 43.3 Å². The summed E-state index contributed by atoms with van der Waals surface area (Å²) in [5.41, 5.74) is 0.138. The molecule has 1 amide bonds. The van der Waals surface area contributed by atoms with Gasteiger partial charge in [0, 0.05) is 13.1 Å². The minimum absolute atomic E-state index is 0.318. The van der Waals surface area contributed by atoms with Crippen LogP contribution in [-0.4, -0.2) is 42.2 Å². The number of amides is 1. The van der Waals surface area contributed by atoms with Crippen LogP contribution in [0.4, 0.5) is 24.7 Å². The van der Waals surface area contributed by atoms with Gasteiger partial charge in [0.2, 0.25) is 0 Å². The van der Waals surface area contributed by atoms with Crippen molar-refractivity contribution < 1.29 is 22.7 Å². The average Bonchev–Trinajstić information content (AvgIpc) is 3.06. The van der Waals surface area contributed by atoms with Crippen molar-refractivity contribution in [1.29, 1.82) is 0 Å². The second-order valence-corrected chi connectivity index (χ2v) is 5.84. The first kappa shape index (κ1) is 16.7. The lowest BCUT2D eigenvalue weighted by atomic mass is 10.3. The Balaban J connectivity index is 1.70. The number of nitrogens with zero attached hydrogens (tertiary/aromatic N) is 3. The van der Waals surface area contributed by atoms with Crippen molar-refractivity contribution in [3.63, 3.8) is 0 Å². The Bertz CT molecular complexity index is 712. The molecule has 2 aromatic heterocycles. The van der Waals surface area contributed by atoms with Crippen LogP contribution in [0.15, 0.2) is 23.8 Å². The van der Waals surface area contributed by atoms with Crippen molar-refractivity contribution in [3.05, 3.63) is 34.4 Å². The maximum atomic E-state index is 12.8. The number of rotatable bonds is 3. The molecule has 0 spiro atoms. The largest absolute Gasteiger partial charge is 0.434 e. The third-order valence-electron chi connectivity index (χ3n) is 3.38. The van der Waals surface area contributed by atoms with Gasteiger partial charge in [-0.1, -0.05) is 0 Å². The Morgan fingerprint density at radius 2 is 2.00 bits per heavy atom. The van der Waals surface area contributed by atoms with E-state index >= 15 is 0 Å². The Morgan fingerprint density at radius 3 is 2.62 bits per heavy atom. The Kier molecular flexibility index (Phi) is 4.67. The van der Waals surface area contributed by atoms with Gasteiger partial charge in [-0.05, 0) is 12.1 Å². The van der Waals surface area contributed by atoms with Crippen molar-refractivity contribution in [2.45, 2.75) is 6.18 Å². The van der Waals surface area contributed by atoms with E-state index in [1.54, 1.807) is 12.1 Å². The zero-order valence-electron chi connectivity index (χ0n) is 12.3. The maximum absolute atomic E-state index is 12.8. The zero-order chi connectivity index (χ0) is 17.2. The lowest BCUT2D eigenvalue weighted by Gasteiger charge is -2.27. The van der Waals surface area contributed by atoms with Crippen LogP contribution in [0.2, 0.25) is 0 Å². The van der Waals surface area contributed by atoms with Gasteiger partial charge in [-0.15, -0.1) is 11.3 Å². The van der Waals surface area contributed by atoms with E-state index in [0.717, 1.165) is 11.3 Å². The van der Waals surface area contributed by atoms with Crippen LogP contribution in [0.5, 0.6) is 0 Å². The number of hydrogen-bond acceptors (Lipinski definition) is 6. The molecule has 3 rings (SSSR count). The molecule has 0 aromatic carbocycles. The molecule has 1 N–H and O–H groups in total. The first-order chi connectivity index (χ1) is 11.4. The van der Waals surface area contributed by atoms with Gasteiger partial charge in [0.15, 0.2) is 5.69 Å². The fourth-order valence-corrected chi connectivity index (χ4v) is 2.94. The van der Waals surface area contributed by atoms with Crippen molar-refractivity contribution in [1.82, 2.24) is 9.97 Å². The third-order valence-corrected chi connectivity index (χ3v) is 4.21. The zero-order valence-corrected chi connectivity index (χ0v) is 13.2. The molecule has 0 atom stereocenters. The van der Waals surface area contributed by atoms with E-state index < -0.39 is 22.7 Å². The molecular formula is C14H13F3N4O2S. The quantitative estimate of drug-likeness (QED) is 0.914. The minimum atomic E-state index is -4.66. The smallest absolute Gasteiger partial charge is 0.378 e. The van der Waals surface area contributed by atoms with Gasteiger partial charge in [0.25, 0.3) is 5.91 Å². The number of halogens is 3. The number of morpholine rings is 1. The molecule has 0 radical (unpaired) electrons. The van der Waals surface area contributed by atoms with Gasteiger partial charge in [-0.2, -0.15) is 13.2 Å². The van der Waals surface area contributed by atoms with E-state index in [-0.39, 0.29) is 0 Å². The van der Waals surface area contributed by atoms with E-state index in [1.165, 1.54) is 6.20 Å². The monoisotopic (exact) mass is 358 g/mol. The Morgan fingerprint density at radius 1 is 1.25 bits per heavy atom. The molecule has 0 aliphatic carbocycles. The number of nitrogens with one attached hydrogen (secondary N) is 1. The van der Waals surface area contributed by atoms with Crippen molar-refractivity contribution in [2.24, 2.45) is 0 Å². The summed E-state index contributed by atoms with van der Waals surface area (Å²) in [6.45, 7) is 2.67. The second-order valence-electron chi connectivity index (χ2n) is 4.99. The molecule has 1 saturated heterocycles. The highest BCUT2D eigenvalue weighted by Gasteiger charge is 2.38. The Labute approximate surface area is 139 Å². The first-order valence-corrected chi connectivity index (χ1v) is 7.94. The van der Waals surface area contributed by atoms with Crippen LogP contribution < -0.4 is 10.2 Å². The summed E-state index contributed by atoms with van der Waals surface area (Å²) in [6, 6.07) is 3.31. The average molecular weight is 358 g/mol. The molecule has 24 heavy (non-hydrogen) atoms. The fourth-order valence-electron chi connectivity index (χ4n) is 2.24. The van der Waals surface area contributed by atoms with Gasteiger partial charge in [-0.3, -0.25) is 4.79 Å². The highest BCUT2D eigenvalue weighted by atomic mass is 32.1. The molecule has 1 aliphatic rings. The molecule has 1 fully saturated rings. The minimum Gasteiger partial charge on any atom is -0.378 e. The van der Waals surface area contributed by atoms with Crippen LogP contribution in [0.3, 0.4) is 0 Å². The number of carbonyl (C=O) groups excluding carboxylic acids is 1. The molecule has 3 heterocycles. The Hall–Kier alpha value is -2.20. The molecule has 10 heteroatoms. The molecule has 6 nitrogen and oxygen atoms in total. The number of alkyl halides is 3. The topological polar surface area (TPSA) is 67.4 Å². The fraction of sp³-hybridized carbons (Fsp3) is 0.357. The third kappa shape index (κ3) is 3.65. The number of ether oxygens (including phenoxy) is 1. The molecule has 0 saturated carbocycles. The van der Waals surface area contributed by atoms with Crippen molar-refractivity contribution in [2.75, 3.05) is 36.5 Å². The van der Waals surface area contributed by atoms with Crippen LogP contribution >= 0.6 is 11.3 Å². The normalized spacial score (nSPS) is 15.4. The van der Waals surface area contributed by atoms with Gasteiger partial charge in [0.05, 0.1) is 30.6 Å². The summed E-state index contributed by atoms with van der Waals surface area (Å²) in [5.74, 6) is -0.129. The van der Waals surface area contributed by atoms with E-state index in [2.05, 4.69) is 15.3 Å². The SMILES string of the molecule is O=C(Nc1ccc(N2CCOCC2)nc1)c1scnc1C(F)(F)F. The van der Waals surface area contributed by atoms with Crippen LogP contribution in [0, 0.1) is 0 Å². The van der Waals surface area contributed by atoms with Crippen LogP contribution in [0.1, 0.15) is 15.4 Å². The van der Waals surface area contributed by atoms with Gasteiger partial charge < -0.3 is 15.0 Å². The number of carbonyl (C=O) groups is 1. The van der Waals surface area contributed by atoms with Gasteiger partial charge in [-0.25, -0.2) is 9.97 Å². The summed E-state index contributed by atoms with van der Waals surface area (Å²) in [4.78, 5) is 21.0. The second kappa shape index (κ2) is 6.73. The van der Waals surface area contributed by atoms with Gasteiger partial charge in [0.1, 0.15) is 10.7 Å². The molecule has 0 bridgehead atoms. The summed E-state index contributed by atoms with van der Waals surface area (Å²) >= 11 is 0.644. The van der Waals surface area contributed by atoms with Crippen molar-refractivity contribution >= 4 is 28.7 Å². The number of aromatic nitrogens is 2. The van der Waals surface area contributed by atoms with E-state index in [4.69, 9.17) is 4.74 Å². The number of anilines is 2.